The molecule has 5 nitrogen and oxygen atoms in total. The Kier molecular flexibility index (Phi) is 10.7. The topological polar surface area (TPSA) is 50.8 Å². The highest BCUT2D eigenvalue weighted by molar-refractivity contribution is 5.73. The van der Waals surface area contributed by atoms with E-state index in [1.165, 1.54) is 43.2 Å². The maximum Gasteiger partial charge on any atom is 0.311 e. The Morgan fingerprint density at radius 2 is 2.00 bits per heavy atom. The van der Waals surface area contributed by atoms with Crippen molar-refractivity contribution in [3.8, 4) is 5.75 Å². The second kappa shape index (κ2) is 13.5. The molecule has 1 atom stereocenters. The first-order chi connectivity index (χ1) is 16.0. The molecule has 0 radical (unpaired) electrons. The van der Waals surface area contributed by atoms with Crippen LogP contribution in [0.25, 0.3) is 0 Å². The number of benzene rings is 1. The quantitative estimate of drug-likeness (QED) is 0.257. The Bertz CT molecular complexity index is 722. The van der Waals surface area contributed by atoms with Gasteiger partial charge in [0.05, 0.1) is 13.2 Å². The molecule has 0 bridgehead atoms. The molecular formula is C28H46N2O3. The number of carbonyl (C=O) groups excluding carboxylic acids is 1. The molecular weight excluding hydrogens is 412 g/mol. The fraction of sp³-hybridized carbons (Fsp3) is 0.750. The maximum atomic E-state index is 12.8. The molecule has 1 aromatic carbocycles. The van der Waals surface area contributed by atoms with E-state index in [1.807, 2.05) is 0 Å². The van der Waals surface area contributed by atoms with Crippen LogP contribution in [0.5, 0.6) is 5.75 Å². The number of hydrogen-bond donors (Lipinski definition) is 1. The molecule has 2 aliphatic rings. The van der Waals surface area contributed by atoms with Crippen molar-refractivity contribution in [1.82, 2.24) is 10.2 Å². The van der Waals surface area contributed by atoms with Crippen molar-refractivity contribution in [2.24, 2.45) is 0 Å². The number of nitrogens with zero attached hydrogens (tertiary/aromatic N) is 1. The molecule has 0 spiro atoms. The minimum absolute atomic E-state index is 0.0780. The van der Waals surface area contributed by atoms with Gasteiger partial charge in [-0.25, -0.2) is 0 Å². The molecule has 1 unspecified atom stereocenters. The minimum atomic E-state index is -0.105. The van der Waals surface area contributed by atoms with E-state index in [-0.39, 0.29) is 11.4 Å². The molecule has 33 heavy (non-hydrogen) atoms. The van der Waals surface area contributed by atoms with Gasteiger partial charge in [0.25, 0.3) is 0 Å². The zero-order valence-corrected chi connectivity index (χ0v) is 21.3. The Morgan fingerprint density at radius 1 is 1.18 bits per heavy atom. The van der Waals surface area contributed by atoms with Crippen LogP contribution in [-0.2, 0) is 14.9 Å². The standard InChI is InChI=1S/C28H46N2O3/c1-4-5-6-7-14-28(2,3)24-12-13-25(23-10-8-15-29-22-23)26(21-24)33-27(31)11-9-16-30-17-19-32-20-18-30/h12-13,21,23,29H,4-11,14-20,22H2,1-3H3. The van der Waals surface area contributed by atoms with Crippen molar-refractivity contribution in [3.63, 3.8) is 0 Å². The van der Waals surface area contributed by atoms with Crippen molar-refractivity contribution in [2.75, 3.05) is 45.9 Å². The van der Waals surface area contributed by atoms with Crippen molar-refractivity contribution >= 4 is 5.97 Å². The van der Waals surface area contributed by atoms with Crippen LogP contribution in [0.15, 0.2) is 18.2 Å². The van der Waals surface area contributed by atoms with E-state index in [4.69, 9.17) is 9.47 Å². The first kappa shape index (κ1) is 26.2. The average Bonchev–Trinajstić information content (AvgIpc) is 2.83. The average molecular weight is 459 g/mol. The van der Waals surface area contributed by atoms with Crippen LogP contribution in [0, 0.1) is 0 Å². The molecule has 5 heteroatoms. The molecule has 186 valence electrons. The summed E-state index contributed by atoms with van der Waals surface area (Å²) in [6, 6.07) is 6.68. The summed E-state index contributed by atoms with van der Waals surface area (Å²) >= 11 is 0. The highest BCUT2D eigenvalue weighted by Gasteiger charge is 2.25. The molecule has 0 saturated carbocycles. The molecule has 2 saturated heterocycles. The van der Waals surface area contributed by atoms with Gasteiger partial charge in [0.1, 0.15) is 5.75 Å². The van der Waals surface area contributed by atoms with E-state index in [0.717, 1.165) is 70.9 Å². The predicted octanol–water partition coefficient (Wildman–Crippen LogP) is 5.42. The van der Waals surface area contributed by atoms with E-state index < -0.39 is 0 Å². The number of rotatable bonds is 12. The number of piperidine rings is 1. The summed E-state index contributed by atoms with van der Waals surface area (Å²) in [6.07, 6.45) is 9.86. The number of ether oxygens (including phenoxy) is 2. The third kappa shape index (κ3) is 8.38. The van der Waals surface area contributed by atoms with E-state index in [1.54, 1.807) is 0 Å². The molecule has 0 aliphatic carbocycles. The third-order valence-corrected chi connectivity index (χ3v) is 7.37. The number of morpholine rings is 1. The summed E-state index contributed by atoms with van der Waals surface area (Å²) in [6.45, 7) is 13.4. The molecule has 1 aromatic rings. The lowest BCUT2D eigenvalue weighted by atomic mass is 9.78. The Labute approximate surface area is 201 Å². The van der Waals surface area contributed by atoms with Gasteiger partial charge >= 0.3 is 5.97 Å². The van der Waals surface area contributed by atoms with Gasteiger partial charge in [0, 0.05) is 32.0 Å². The number of hydrogen-bond acceptors (Lipinski definition) is 5. The zero-order valence-electron chi connectivity index (χ0n) is 21.3. The van der Waals surface area contributed by atoms with Crippen molar-refractivity contribution in [3.05, 3.63) is 29.3 Å². The molecule has 2 fully saturated rings. The summed E-state index contributed by atoms with van der Waals surface area (Å²) in [5, 5.41) is 3.51. The van der Waals surface area contributed by atoms with Crippen LogP contribution in [0.3, 0.4) is 0 Å². The van der Waals surface area contributed by atoms with Crippen LogP contribution in [-0.4, -0.2) is 56.8 Å². The largest absolute Gasteiger partial charge is 0.426 e. The van der Waals surface area contributed by atoms with Gasteiger partial charge in [0.2, 0.25) is 0 Å². The molecule has 2 aliphatic heterocycles. The summed E-state index contributed by atoms with van der Waals surface area (Å²) < 4.78 is 11.5. The smallest absolute Gasteiger partial charge is 0.311 e. The fourth-order valence-electron chi connectivity index (χ4n) is 5.08. The zero-order chi connectivity index (χ0) is 23.5. The Balaban J connectivity index is 1.66. The van der Waals surface area contributed by atoms with Crippen LogP contribution in [0.4, 0.5) is 0 Å². The van der Waals surface area contributed by atoms with Gasteiger partial charge in [-0.2, -0.15) is 0 Å². The van der Waals surface area contributed by atoms with E-state index >= 15 is 0 Å². The lowest BCUT2D eigenvalue weighted by molar-refractivity contribution is -0.134. The van der Waals surface area contributed by atoms with Gasteiger partial charge in [-0.1, -0.05) is 58.6 Å². The second-order valence-corrected chi connectivity index (χ2v) is 10.5. The van der Waals surface area contributed by atoms with E-state index in [9.17, 15) is 4.79 Å². The molecule has 0 aromatic heterocycles. The van der Waals surface area contributed by atoms with Crippen LogP contribution < -0.4 is 10.1 Å². The van der Waals surface area contributed by atoms with Gasteiger partial charge < -0.3 is 14.8 Å². The summed E-state index contributed by atoms with van der Waals surface area (Å²) in [5.41, 5.74) is 2.55. The van der Waals surface area contributed by atoms with Gasteiger partial charge in [-0.3, -0.25) is 9.69 Å². The number of unbranched alkanes of at least 4 members (excludes halogenated alkanes) is 3. The van der Waals surface area contributed by atoms with Gasteiger partial charge in [-0.05, 0) is 61.4 Å². The number of nitrogens with one attached hydrogen (secondary N) is 1. The fourth-order valence-corrected chi connectivity index (χ4v) is 5.08. The second-order valence-electron chi connectivity index (χ2n) is 10.5. The molecule has 2 heterocycles. The highest BCUT2D eigenvalue weighted by Crippen LogP contribution is 2.37. The minimum Gasteiger partial charge on any atom is -0.426 e. The van der Waals surface area contributed by atoms with E-state index in [0.29, 0.717) is 12.3 Å². The summed E-state index contributed by atoms with van der Waals surface area (Å²) in [4.78, 5) is 15.2. The normalized spacial score (nSPS) is 20.0. The van der Waals surface area contributed by atoms with Crippen LogP contribution in [0.2, 0.25) is 0 Å². The summed E-state index contributed by atoms with van der Waals surface area (Å²) in [5.74, 6) is 1.10. The monoisotopic (exact) mass is 458 g/mol. The van der Waals surface area contributed by atoms with Crippen molar-refractivity contribution in [2.45, 2.75) is 89.9 Å². The summed E-state index contributed by atoms with van der Waals surface area (Å²) in [7, 11) is 0. The maximum absolute atomic E-state index is 12.8. The third-order valence-electron chi connectivity index (χ3n) is 7.37. The lowest BCUT2D eigenvalue weighted by Crippen LogP contribution is -2.37. The van der Waals surface area contributed by atoms with Crippen molar-refractivity contribution in [1.29, 1.82) is 0 Å². The Hall–Kier alpha value is -1.43. The molecule has 3 rings (SSSR count). The SMILES string of the molecule is CCCCCCC(C)(C)c1ccc(C2CCCNC2)c(OC(=O)CCCN2CCOCC2)c1. The van der Waals surface area contributed by atoms with Crippen LogP contribution in [0.1, 0.15) is 95.6 Å². The van der Waals surface area contributed by atoms with Gasteiger partial charge in [-0.15, -0.1) is 0 Å². The van der Waals surface area contributed by atoms with E-state index in [2.05, 4.69) is 49.2 Å². The van der Waals surface area contributed by atoms with Crippen molar-refractivity contribution < 1.29 is 14.3 Å². The predicted molar refractivity (Wildman–Crippen MR) is 135 cm³/mol. The highest BCUT2D eigenvalue weighted by atomic mass is 16.5. The molecule has 0 amide bonds. The van der Waals surface area contributed by atoms with Gasteiger partial charge in [0.15, 0.2) is 0 Å². The first-order valence-corrected chi connectivity index (χ1v) is 13.4. The number of esters is 1. The Morgan fingerprint density at radius 3 is 2.73 bits per heavy atom. The van der Waals surface area contributed by atoms with Crippen LogP contribution >= 0.6 is 0 Å². The lowest BCUT2D eigenvalue weighted by Gasteiger charge is -2.29. The number of carbonyl (C=O) groups is 1. The molecule has 1 N–H and O–H groups in total. The first-order valence-electron chi connectivity index (χ1n) is 13.4.